The van der Waals surface area contributed by atoms with Crippen molar-refractivity contribution >= 4 is 20.2 Å². The van der Waals surface area contributed by atoms with Gasteiger partial charge < -0.3 is 10.2 Å². The van der Waals surface area contributed by atoms with Crippen molar-refractivity contribution in [1.29, 1.82) is 0 Å². The van der Waals surface area contributed by atoms with Crippen LogP contribution in [0.2, 0.25) is 0 Å². The van der Waals surface area contributed by atoms with E-state index in [0.29, 0.717) is 51.4 Å². The minimum Gasteiger partial charge on any atom is -0.393 e. The average Bonchev–Trinajstić information content (AvgIpc) is 2.52. The molecule has 0 saturated heterocycles. The summed E-state index contributed by atoms with van der Waals surface area (Å²) >= 11 is 0. The number of aliphatic hydroxyl groups is 2. The fraction of sp³-hybridized carbons (Fsp3) is 1.00. The van der Waals surface area contributed by atoms with E-state index < -0.39 is 32.4 Å². The lowest BCUT2D eigenvalue weighted by Gasteiger charge is -2.26. The van der Waals surface area contributed by atoms with Crippen LogP contribution in [-0.4, -0.2) is 59.9 Å². The molecule has 0 spiro atoms. The molecule has 0 aromatic heterocycles. The standard InChI is InChI=1S/C18H38O8S2/c1-17(2,11-13-27(21,22)23)9-7-15(19)5-6-16(20)8-10-18(3,4)12-14-28(24,25)26/h15-16,19-20H,5-14H2,1-4H3,(H,21,22,23)(H,24,25,26). The first-order valence-corrected chi connectivity index (χ1v) is 12.9. The second kappa shape index (κ2) is 11.2. The van der Waals surface area contributed by atoms with Crippen LogP contribution in [-0.2, 0) is 20.2 Å². The van der Waals surface area contributed by atoms with E-state index >= 15 is 0 Å². The van der Waals surface area contributed by atoms with Crippen molar-refractivity contribution in [3.63, 3.8) is 0 Å². The van der Waals surface area contributed by atoms with Gasteiger partial charge in [0.2, 0.25) is 0 Å². The molecule has 28 heavy (non-hydrogen) atoms. The second-order valence-electron chi connectivity index (χ2n) is 9.36. The van der Waals surface area contributed by atoms with Gasteiger partial charge in [-0.3, -0.25) is 9.11 Å². The molecule has 2 atom stereocenters. The Kier molecular flexibility index (Phi) is 11.1. The largest absolute Gasteiger partial charge is 0.393 e. The van der Waals surface area contributed by atoms with Crippen molar-refractivity contribution in [2.75, 3.05) is 11.5 Å². The third kappa shape index (κ3) is 16.7. The lowest BCUT2D eigenvalue weighted by molar-refractivity contribution is 0.0875. The summed E-state index contributed by atoms with van der Waals surface area (Å²) < 4.78 is 61.1. The molecule has 0 aromatic carbocycles. The van der Waals surface area contributed by atoms with Gasteiger partial charge in [-0.1, -0.05) is 27.7 Å². The van der Waals surface area contributed by atoms with Gasteiger partial charge in [-0.05, 0) is 62.2 Å². The first-order chi connectivity index (χ1) is 12.4. The van der Waals surface area contributed by atoms with E-state index in [1.807, 2.05) is 27.7 Å². The molecule has 0 amide bonds. The Balaban J connectivity index is 4.15. The summed E-state index contributed by atoms with van der Waals surface area (Å²) in [6.45, 7) is 7.53. The van der Waals surface area contributed by atoms with E-state index in [-0.39, 0.29) is 22.3 Å². The molecular weight excluding hydrogens is 408 g/mol. The number of hydrogen-bond acceptors (Lipinski definition) is 6. The van der Waals surface area contributed by atoms with Gasteiger partial charge in [0.15, 0.2) is 0 Å². The van der Waals surface area contributed by atoms with Crippen molar-refractivity contribution in [2.45, 2.75) is 91.3 Å². The van der Waals surface area contributed by atoms with Crippen LogP contribution in [0.1, 0.15) is 79.1 Å². The van der Waals surface area contributed by atoms with Gasteiger partial charge >= 0.3 is 0 Å². The van der Waals surface area contributed by atoms with Gasteiger partial charge in [0.05, 0.1) is 23.7 Å². The molecule has 8 nitrogen and oxygen atoms in total. The SMILES string of the molecule is CC(C)(CCC(O)CCC(O)CCC(C)(C)CCS(=O)(=O)O)CCS(=O)(=O)O. The number of rotatable bonds is 15. The van der Waals surface area contributed by atoms with Crippen LogP contribution < -0.4 is 0 Å². The topological polar surface area (TPSA) is 149 Å². The first kappa shape index (κ1) is 27.7. The van der Waals surface area contributed by atoms with Gasteiger partial charge in [-0.2, -0.15) is 16.8 Å². The maximum absolute atomic E-state index is 10.9. The van der Waals surface area contributed by atoms with Gasteiger partial charge in [0, 0.05) is 0 Å². The smallest absolute Gasteiger partial charge is 0.264 e. The van der Waals surface area contributed by atoms with E-state index in [2.05, 4.69) is 0 Å². The van der Waals surface area contributed by atoms with E-state index in [0.717, 1.165) is 0 Å². The molecule has 0 saturated carbocycles. The maximum atomic E-state index is 10.9. The number of hydrogen-bond donors (Lipinski definition) is 4. The number of aliphatic hydroxyl groups excluding tert-OH is 2. The molecule has 0 heterocycles. The summed E-state index contributed by atoms with van der Waals surface area (Å²) in [6.07, 6.45) is 2.39. The molecule has 170 valence electrons. The lowest BCUT2D eigenvalue weighted by atomic mass is 9.82. The summed E-state index contributed by atoms with van der Waals surface area (Å²) in [5.74, 6) is -0.607. The molecule has 2 unspecified atom stereocenters. The van der Waals surface area contributed by atoms with Crippen molar-refractivity contribution in [1.82, 2.24) is 0 Å². The Morgan fingerprint density at radius 1 is 0.607 bits per heavy atom. The van der Waals surface area contributed by atoms with Crippen LogP contribution in [0.5, 0.6) is 0 Å². The zero-order valence-electron chi connectivity index (χ0n) is 17.5. The maximum Gasteiger partial charge on any atom is 0.264 e. The van der Waals surface area contributed by atoms with E-state index in [1.54, 1.807) is 0 Å². The van der Waals surface area contributed by atoms with Crippen LogP contribution in [0, 0.1) is 10.8 Å². The van der Waals surface area contributed by atoms with Crippen LogP contribution in [0.3, 0.4) is 0 Å². The van der Waals surface area contributed by atoms with E-state index in [4.69, 9.17) is 9.11 Å². The molecule has 0 aliphatic rings. The minimum absolute atomic E-state index is 0.303. The Hall–Kier alpha value is -0.260. The Bertz CT molecular complexity index is 595. The normalized spacial score (nSPS) is 16.1. The highest BCUT2D eigenvalue weighted by Crippen LogP contribution is 2.30. The summed E-state index contributed by atoms with van der Waals surface area (Å²) in [6, 6.07) is 0. The van der Waals surface area contributed by atoms with E-state index in [1.165, 1.54) is 0 Å². The average molecular weight is 447 g/mol. The predicted molar refractivity (Wildman–Crippen MR) is 109 cm³/mol. The summed E-state index contributed by atoms with van der Waals surface area (Å²) in [5.41, 5.74) is -0.654. The molecule has 10 heteroatoms. The zero-order chi connectivity index (χ0) is 22.2. The fourth-order valence-corrected chi connectivity index (χ4v) is 4.47. The van der Waals surface area contributed by atoms with Gasteiger partial charge in [-0.25, -0.2) is 0 Å². The predicted octanol–water partition coefficient (Wildman–Crippen LogP) is 2.66. The van der Waals surface area contributed by atoms with Crippen LogP contribution in [0.15, 0.2) is 0 Å². The van der Waals surface area contributed by atoms with Gasteiger partial charge in [0.1, 0.15) is 0 Å². The molecule has 0 bridgehead atoms. The Morgan fingerprint density at radius 2 is 0.893 bits per heavy atom. The molecule has 0 fully saturated rings. The molecular formula is C18H38O8S2. The van der Waals surface area contributed by atoms with E-state index in [9.17, 15) is 27.0 Å². The molecule has 0 aliphatic heterocycles. The Labute approximate surface area is 170 Å². The minimum atomic E-state index is -3.99. The fourth-order valence-electron chi connectivity index (χ4n) is 2.85. The monoisotopic (exact) mass is 446 g/mol. The quantitative estimate of drug-likeness (QED) is 0.280. The van der Waals surface area contributed by atoms with Crippen molar-refractivity contribution in [3.05, 3.63) is 0 Å². The molecule has 0 rings (SSSR count). The molecule has 4 N–H and O–H groups in total. The van der Waals surface area contributed by atoms with Crippen molar-refractivity contribution < 1.29 is 36.2 Å². The highest BCUT2D eigenvalue weighted by Gasteiger charge is 2.24. The Morgan fingerprint density at radius 3 is 1.14 bits per heavy atom. The van der Waals surface area contributed by atoms with Crippen LogP contribution in [0.4, 0.5) is 0 Å². The third-order valence-electron chi connectivity index (χ3n) is 5.22. The summed E-state index contributed by atoms with van der Waals surface area (Å²) in [4.78, 5) is 0. The first-order valence-electron chi connectivity index (χ1n) is 9.67. The summed E-state index contributed by atoms with van der Waals surface area (Å²) in [5, 5.41) is 20.2. The van der Waals surface area contributed by atoms with Gasteiger partial charge in [-0.15, -0.1) is 0 Å². The summed E-state index contributed by atoms with van der Waals surface area (Å²) in [7, 11) is -7.98. The highest BCUT2D eigenvalue weighted by molar-refractivity contribution is 7.86. The molecule has 0 aromatic rings. The van der Waals surface area contributed by atoms with Crippen molar-refractivity contribution in [3.8, 4) is 0 Å². The second-order valence-corrected chi connectivity index (χ2v) is 12.5. The van der Waals surface area contributed by atoms with Crippen LogP contribution in [0.25, 0.3) is 0 Å². The third-order valence-corrected chi connectivity index (χ3v) is 6.66. The molecule has 0 radical (unpaired) electrons. The van der Waals surface area contributed by atoms with Gasteiger partial charge in [0.25, 0.3) is 20.2 Å². The van der Waals surface area contributed by atoms with Crippen LogP contribution >= 0.6 is 0 Å². The van der Waals surface area contributed by atoms with Crippen molar-refractivity contribution in [2.24, 2.45) is 10.8 Å². The lowest BCUT2D eigenvalue weighted by Crippen LogP contribution is -2.22. The highest BCUT2D eigenvalue weighted by atomic mass is 32.2. The molecule has 0 aliphatic carbocycles. The zero-order valence-corrected chi connectivity index (χ0v) is 19.1.